The van der Waals surface area contributed by atoms with E-state index in [1.165, 1.54) is 24.3 Å². The summed E-state index contributed by atoms with van der Waals surface area (Å²) >= 11 is 5.89. The molecule has 0 aliphatic carbocycles. The van der Waals surface area contributed by atoms with E-state index in [1.807, 2.05) is 0 Å². The molecule has 0 atom stereocenters. The van der Waals surface area contributed by atoms with Crippen molar-refractivity contribution < 1.29 is 19.1 Å². The average Bonchev–Trinajstić information content (AvgIpc) is 2.66. The van der Waals surface area contributed by atoms with Gasteiger partial charge in [0, 0.05) is 31.7 Å². The van der Waals surface area contributed by atoms with E-state index in [0.29, 0.717) is 48.6 Å². The number of hydrogen-bond acceptors (Lipinski definition) is 3. The number of anilines is 1. The van der Waals surface area contributed by atoms with E-state index < -0.39 is 11.8 Å². The van der Waals surface area contributed by atoms with Crippen LogP contribution >= 0.6 is 24.0 Å². The fraction of sp³-hybridized carbons (Fsp3) is 0.263. The van der Waals surface area contributed by atoms with Crippen molar-refractivity contribution in [3.63, 3.8) is 0 Å². The van der Waals surface area contributed by atoms with Crippen LogP contribution in [0.25, 0.3) is 11.1 Å². The van der Waals surface area contributed by atoms with Gasteiger partial charge in [-0.2, -0.15) is 0 Å². The van der Waals surface area contributed by atoms with Crippen molar-refractivity contribution in [3.05, 3.63) is 52.3 Å². The Labute approximate surface area is 173 Å². The molecule has 150 valence electrons. The molecule has 1 heterocycles. The smallest absolute Gasteiger partial charge is 0.336 e. The first-order valence-electron chi connectivity index (χ1n) is 8.47. The number of halogens is 3. The van der Waals surface area contributed by atoms with Crippen molar-refractivity contribution in [2.45, 2.75) is 6.92 Å². The number of aromatic carboxylic acids is 1. The Hall–Kier alpha value is -2.35. The predicted octanol–water partition coefficient (Wildman–Crippen LogP) is 4.01. The van der Waals surface area contributed by atoms with Crippen LogP contribution in [0.4, 0.5) is 14.9 Å². The Morgan fingerprint density at radius 3 is 2.50 bits per heavy atom. The van der Waals surface area contributed by atoms with E-state index in [2.05, 4.69) is 10.6 Å². The predicted molar refractivity (Wildman–Crippen MR) is 109 cm³/mol. The molecular weight excluding hydrogens is 408 g/mol. The van der Waals surface area contributed by atoms with Crippen LogP contribution in [0.5, 0.6) is 0 Å². The van der Waals surface area contributed by atoms with Gasteiger partial charge >= 0.3 is 12.0 Å². The van der Waals surface area contributed by atoms with Crippen molar-refractivity contribution >= 4 is 41.7 Å². The van der Waals surface area contributed by atoms with Crippen molar-refractivity contribution in [3.8, 4) is 11.1 Å². The van der Waals surface area contributed by atoms with E-state index >= 15 is 0 Å². The van der Waals surface area contributed by atoms with Gasteiger partial charge in [-0.3, -0.25) is 0 Å². The maximum absolute atomic E-state index is 13.5. The highest BCUT2D eigenvalue weighted by Gasteiger charge is 2.21. The Morgan fingerprint density at radius 2 is 1.89 bits per heavy atom. The third-order valence-corrected chi connectivity index (χ3v) is 4.85. The van der Waals surface area contributed by atoms with Gasteiger partial charge in [0.1, 0.15) is 5.82 Å². The Balaban J connectivity index is 0.00000280. The Kier molecular flexibility index (Phi) is 7.23. The number of piperazine rings is 1. The molecule has 1 fully saturated rings. The summed E-state index contributed by atoms with van der Waals surface area (Å²) in [6.45, 7) is 4.14. The minimum Gasteiger partial charge on any atom is -0.478 e. The van der Waals surface area contributed by atoms with E-state index in [4.69, 9.17) is 11.6 Å². The standard InChI is InChI=1S/C19H19ClFN3O3.ClH/c1-11-13(18(25)26)3-4-14(12-2-5-16(21)15(20)10-12)17(11)23-19(27)24-8-6-22-7-9-24;/h2-5,10,22H,6-9H2,1H3,(H,23,27)(H,25,26);1H. The quantitative estimate of drug-likeness (QED) is 0.690. The van der Waals surface area contributed by atoms with Gasteiger partial charge in [0.05, 0.1) is 16.3 Å². The highest BCUT2D eigenvalue weighted by molar-refractivity contribution is 6.31. The lowest BCUT2D eigenvalue weighted by atomic mass is 9.96. The van der Waals surface area contributed by atoms with Gasteiger partial charge < -0.3 is 20.6 Å². The normalized spacial score (nSPS) is 13.6. The number of carboxylic acid groups (broad SMARTS) is 1. The first-order chi connectivity index (χ1) is 12.9. The summed E-state index contributed by atoms with van der Waals surface area (Å²) in [6, 6.07) is 6.97. The lowest BCUT2D eigenvalue weighted by molar-refractivity contribution is 0.0696. The van der Waals surface area contributed by atoms with Gasteiger partial charge in [0.15, 0.2) is 0 Å². The summed E-state index contributed by atoms with van der Waals surface area (Å²) in [7, 11) is 0. The van der Waals surface area contributed by atoms with Gasteiger partial charge in [-0.15, -0.1) is 12.4 Å². The summed E-state index contributed by atoms with van der Waals surface area (Å²) in [6.07, 6.45) is 0. The van der Waals surface area contributed by atoms with Crippen molar-refractivity contribution in [1.82, 2.24) is 10.2 Å². The number of rotatable bonds is 3. The number of nitrogens with zero attached hydrogens (tertiary/aromatic N) is 1. The Morgan fingerprint density at radius 1 is 1.21 bits per heavy atom. The van der Waals surface area contributed by atoms with Crippen molar-refractivity contribution in [2.75, 3.05) is 31.5 Å². The number of hydrogen-bond donors (Lipinski definition) is 3. The first-order valence-corrected chi connectivity index (χ1v) is 8.85. The minimum absolute atomic E-state index is 0. The molecule has 0 unspecified atom stereocenters. The molecule has 0 spiro atoms. The number of carbonyl (C=O) groups excluding carboxylic acids is 1. The molecule has 1 aliphatic heterocycles. The molecule has 3 N–H and O–H groups in total. The molecule has 2 amide bonds. The average molecular weight is 428 g/mol. The summed E-state index contributed by atoms with van der Waals surface area (Å²) in [5.74, 6) is -1.64. The van der Waals surface area contributed by atoms with Crippen LogP contribution in [0.3, 0.4) is 0 Å². The van der Waals surface area contributed by atoms with Crippen LogP contribution in [0, 0.1) is 12.7 Å². The van der Waals surface area contributed by atoms with Crippen LogP contribution in [-0.4, -0.2) is 48.2 Å². The summed E-state index contributed by atoms with van der Waals surface area (Å²) < 4.78 is 13.5. The third kappa shape index (κ3) is 4.55. The van der Waals surface area contributed by atoms with E-state index in [9.17, 15) is 19.1 Å². The lowest BCUT2D eigenvalue weighted by Crippen LogP contribution is -2.48. The van der Waals surface area contributed by atoms with Gasteiger partial charge in [0.2, 0.25) is 0 Å². The second kappa shape index (κ2) is 9.23. The maximum Gasteiger partial charge on any atom is 0.336 e. The van der Waals surface area contributed by atoms with Gasteiger partial charge in [0.25, 0.3) is 0 Å². The molecule has 6 nitrogen and oxygen atoms in total. The van der Waals surface area contributed by atoms with Gasteiger partial charge in [-0.1, -0.05) is 23.7 Å². The molecule has 2 aromatic rings. The Bertz CT molecular complexity index is 902. The molecule has 2 aromatic carbocycles. The molecule has 28 heavy (non-hydrogen) atoms. The summed E-state index contributed by atoms with van der Waals surface area (Å²) in [5.41, 5.74) is 2.03. The molecule has 0 radical (unpaired) electrons. The van der Waals surface area contributed by atoms with Crippen LogP contribution in [0.1, 0.15) is 15.9 Å². The monoisotopic (exact) mass is 427 g/mol. The molecule has 1 aliphatic rings. The highest BCUT2D eigenvalue weighted by atomic mass is 35.5. The number of benzene rings is 2. The van der Waals surface area contributed by atoms with Gasteiger partial charge in [-0.05, 0) is 36.2 Å². The van der Waals surface area contributed by atoms with Gasteiger partial charge in [-0.25, -0.2) is 14.0 Å². The summed E-state index contributed by atoms with van der Waals surface area (Å²) in [4.78, 5) is 25.8. The lowest BCUT2D eigenvalue weighted by Gasteiger charge is -2.28. The van der Waals surface area contributed by atoms with Crippen LogP contribution in [0.15, 0.2) is 30.3 Å². The third-order valence-electron chi connectivity index (χ3n) is 4.56. The number of carboxylic acids is 1. The number of urea groups is 1. The minimum atomic E-state index is -1.09. The zero-order chi connectivity index (χ0) is 19.6. The van der Waals surface area contributed by atoms with E-state index in [0.717, 1.165) is 0 Å². The van der Waals surface area contributed by atoms with Crippen molar-refractivity contribution in [1.29, 1.82) is 0 Å². The number of carbonyl (C=O) groups is 2. The van der Waals surface area contributed by atoms with Crippen LogP contribution in [0.2, 0.25) is 5.02 Å². The second-order valence-electron chi connectivity index (χ2n) is 6.26. The molecule has 0 aromatic heterocycles. The molecule has 9 heteroatoms. The number of amides is 2. The zero-order valence-electron chi connectivity index (χ0n) is 15.1. The molecular formula is C19H20Cl2FN3O3. The first kappa shape index (κ1) is 21.9. The van der Waals surface area contributed by atoms with E-state index in [1.54, 1.807) is 17.9 Å². The molecule has 3 rings (SSSR count). The van der Waals surface area contributed by atoms with Crippen molar-refractivity contribution in [2.24, 2.45) is 0 Å². The molecule has 1 saturated heterocycles. The van der Waals surface area contributed by atoms with Crippen LogP contribution < -0.4 is 10.6 Å². The molecule has 0 saturated carbocycles. The molecule has 0 bridgehead atoms. The maximum atomic E-state index is 13.5. The van der Waals surface area contributed by atoms with Crippen LogP contribution in [-0.2, 0) is 0 Å². The second-order valence-corrected chi connectivity index (χ2v) is 6.67. The fourth-order valence-electron chi connectivity index (χ4n) is 3.06. The topological polar surface area (TPSA) is 81.7 Å². The SMILES string of the molecule is Cc1c(C(=O)O)ccc(-c2ccc(F)c(Cl)c2)c1NC(=O)N1CCNCC1.Cl. The highest BCUT2D eigenvalue weighted by Crippen LogP contribution is 2.35. The van der Waals surface area contributed by atoms with E-state index in [-0.39, 0.29) is 29.0 Å². The fourth-order valence-corrected chi connectivity index (χ4v) is 3.24. The largest absolute Gasteiger partial charge is 0.478 e. The summed E-state index contributed by atoms with van der Waals surface area (Å²) in [5, 5.41) is 15.4. The number of nitrogens with one attached hydrogen (secondary N) is 2. The zero-order valence-corrected chi connectivity index (χ0v) is 16.7.